The van der Waals surface area contributed by atoms with Crippen LogP contribution in [0.1, 0.15) is 27.2 Å². The summed E-state index contributed by atoms with van der Waals surface area (Å²) in [6.45, 7) is 7.61. The lowest BCUT2D eigenvalue weighted by atomic mass is 10.1. The molecule has 2 aliphatic rings. The van der Waals surface area contributed by atoms with Gasteiger partial charge in [0.1, 0.15) is 0 Å². The normalized spacial score (nSPS) is 27.4. The summed E-state index contributed by atoms with van der Waals surface area (Å²) in [5.41, 5.74) is 0.0481. The van der Waals surface area contributed by atoms with E-state index in [1.165, 1.54) is 10.4 Å². The molecule has 2 aliphatic carbocycles. The number of aliphatic hydroxyl groups is 1. The Morgan fingerprint density at radius 3 is 1.92 bits per heavy atom. The molecule has 0 saturated heterocycles. The van der Waals surface area contributed by atoms with E-state index in [0.29, 0.717) is 12.5 Å². The zero-order chi connectivity index (χ0) is 18.4. The van der Waals surface area contributed by atoms with Crippen LogP contribution in [0, 0.1) is 11.3 Å². The lowest BCUT2D eigenvalue weighted by Gasteiger charge is -2.43. The largest absolute Gasteiger partial charge is 0.407 e. The highest BCUT2D eigenvalue weighted by atomic mass is 28.4. The summed E-state index contributed by atoms with van der Waals surface area (Å²) in [5.74, 6) is 0.348. The zero-order valence-electron chi connectivity index (χ0n) is 15.9. The van der Waals surface area contributed by atoms with Crippen molar-refractivity contribution in [1.82, 2.24) is 0 Å². The molecule has 3 heteroatoms. The molecule has 0 unspecified atom stereocenters. The van der Waals surface area contributed by atoms with Gasteiger partial charge in [-0.25, -0.2) is 0 Å². The fraction of sp³-hybridized carbons (Fsp3) is 0.391. The predicted molar refractivity (Wildman–Crippen MR) is 109 cm³/mol. The lowest BCUT2D eigenvalue weighted by Crippen LogP contribution is -2.67. The molecule has 0 spiro atoms. The third-order valence-electron chi connectivity index (χ3n) is 6.19. The average Bonchev–Trinajstić information content (AvgIpc) is 3.28. The van der Waals surface area contributed by atoms with Gasteiger partial charge in [-0.15, -0.1) is 0 Å². The van der Waals surface area contributed by atoms with E-state index in [1.54, 1.807) is 0 Å². The van der Waals surface area contributed by atoms with Gasteiger partial charge in [0.25, 0.3) is 8.32 Å². The fourth-order valence-electron chi connectivity index (χ4n) is 4.65. The van der Waals surface area contributed by atoms with Crippen molar-refractivity contribution in [2.75, 3.05) is 6.61 Å². The summed E-state index contributed by atoms with van der Waals surface area (Å²) in [7, 11) is -2.47. The maximum Gasteiger partial charge on any atom is 0.261 e. The molecule has 0 heterocycles. The Balaban J connectivity index is 1.77. The molecule has 136 valence electrons. The van der Waals surface area contributed by atoms with Crippen molar-refractivity contribution in [3.63, 3.8) is 0 Å². The summed E-state index contributed by atoms with van der Waals surface area (Å²) < 4.78 is 7.02. The highest BCUT2D eigenvalue weighted by Crippen LogP contribution is 2.60. The van der Waals surface area contributed by atoms with Gasteiger partial charge in [0, 0.05) is 17.9 Å². The first-order chi connectivity index (χ1) is 12.4. The first-order valence-corrected chi connectivity index (χ1v) is 11.4. The van der Waals surface area contributed by atoms with Gasteiger partial charge >= 0.3 is 0 Å². The van der Waals surface area contributed by atoms with E-state index in [4.69, 9.17) is 4.43 Å². The van der Waals surface area contributed by atoms with Crippen LogP contribution in [0.4, 0.5) is 0 Å². The van der Waals surface area contributed by atoms with Gasteiger partial charge in [0.2, 0.25) is 0 Å². The Bertz CT molecular complexity index is 754. The van der Waals surface area contributed by atoms with Crippen LogP contribution in [0.25, 0.3) is 0 Å². The van der Waals surface area contributed by atoms with E-state index in [9.17, 15) is 5.11 Å². The number of hydrogen-bond acceptors (Lipinski definition) is 2. The summed E-state index contributed by atoms with van der Waals surface area (Å²) in [4.78, 5) is 0. The second kappa shape index (κ2) is 6.19. The maximum atomic E-state index is 10.1. The molecular formula is C23H28O2Si. The third-order valence-corrected chi connectivity index (χ3v) is 11.2. The molecule has 3 atom stereocenters. The molecule has 0 radical (unpaired) electrons. The van der Waals surface area contributed by atoms with Crippen molar-refractivity contribution in [2.45, 2.75) is 38.3 Å². The molecule has 2 nitrogen and oxygen atoms in total. The van der Waals surface area contributed by atoms with E-state index in [1.807, 2.05) is 6.08 Å². The second-order valence-corrected chi connectivity index (χ2v) is 13.2. The Morgan fingerprint density at radius 2 is 1.54 bits per heavy atom. The summed E-state index contributed by atoms with van der Waals surface area (Å²) in [6.07, 6.45) is 4.89. The van der Waals surface area contributed by atoms with Crippen LogP contribution < -0.4 is 10.4 Å². The maximum absolute atomic E-state index is 10.1. The molecular weight excluding hydrogens is 336 g/mol. The first-order valence-electron chi connectivity index (χ1n) is 9.52. The minimum atomic E-state index is -2.47. The first kappa shape index (κ1) is 17.7. The van der Waals surface area contributed by atoms with Gasteiger partial charge < -0.3 is 9.53 Å². The van der Waals surface area contributed by atoms with Crippen molar-refractivity contribution in [2.24, 2.45) is 11.3 Å². The van der Waals surface area contributed by atoms with Crippen LogP contribution >= 0.6 is 0 Å². The molecule has 2 aromatic carbocycles. The number of rotatable bonds is 5. The van der Waals surface area contributed by atoms with Gasteiger partial charge in [0.15, 0.2) is 0 Å². The van der Waals surface area contributed by atoms with E-state index < -0.39 is 8.32 Å². The van der Waals surface area contributed by atoms with Crippen LogP contribution in [0.15, 0.2) is 72.8 Å². The lowest BCUT2D eigenvalue weighted by molar-refractivity contribution is 0.177. The Labute approximate surface area is 157 Å². The Kier molecular flexibility index (Phi) is 4.22. The number of benzene rings is 2. The molecule has 1 fully saturated rings. The summed E-state index contributed by atoms with van der Waals surface area (Å²) >= 11 is 0. The summed E-state index contributed by atoms with van der Waals surface area (Å²) in [6, 6.07) is 21.5. The van der Waals surface area contributed by atoms with Crippen LogP contribution in [0.5, 0.6) is 0 Å². The van der Waals surface area contributed by atoms with E-state index in [-0.39, 0.29) is 16.6 Å². The van der Waals surface area contributed by atoms with Gasteiger partial charge in [-0.05, 0) is 21.8 Å². The minimum absolute atomic E-state index is 0.00231. The molecule has 4 rings (SSSR count). The number of fused-ring (bicyclic) bond motifs is 1. The highest BCUT2D eigenvalue weighted by molar-refractivity contribution is 6.99. The molecule has 0 aromatic heterocycles. The molecule has 0 bridgehead atoms. The Hall–Kier alpha value is -1.68. The molecule has 0 amide bonds. The van der Waals surface area contributed by atoms with E-state index in [2.05, 4.69) is 87.5 Å². The van der Waals surface area contributed by atoms with Crippen molar-refractivity contribution in [3.05, 3.63) is 72.8 Å². The van der Waals surface area contributed by atoms with E-state index >= 15 is 0 Å². The standard InChI is InChI=1S/C23H28O2Si/c1-22(2,3)26(18-10-6-4-7-11-18,19-12-8-5-9-13-19)25-17-23-15-14-21(24)20(23)16-23/h4-15,20-21,24H,16-17H2,1-3H3/t20-,21+,23-/m0/s1. The van der Waals surface area contributed by atoms with Crippen molar-refractivity contribution in [1.29, 1.82) is 0 Å². The van der Waals surface area contributed by atoms with Gasteiger partial charge in [0.05, 0.1) is 6.10 Å². The van der Waals surface area contributed by atoms with E-state index in [0.717, 1.165) is 6.42 Å². The number of aliphatic hydroxyl groups excluding tert-OH is 1. The van der Waals surface area contributed by atoms with Crippen LogP contribution in [-0.2, 0) is 4.43 Å². The fourth-order valence-corrected chi connectivity index (χ4v) is 9.29. The molecule has 26 heavy (non-hydrogen) atoms. The minimum Gasteiger partial charge on any atom is -0.407 e. The van der Waals surface area contributed by atoms with Crippen molar-refractivity contribution >= 4 is 18.7 Å². The van der Waals surface area contributed by atoms with Crippen molar-refractivity contribution < 1.29 is 9.53 Å². The van der Waals surface area contributed by atoms with Crippen LogP contribution in [0.3, 0.4) is 0 Å². The molecule has 0 aliphatic heterocycles. The van der Waals surface area contributed by atoms with Gasteiger partial charge in [-0.3, -0.25) is 0 Å². The SMILES string of the molecule is CC(C)(C)[Si](OC[C@@]12C=C[C@@H](O)[C@@H]1C2)(c1ccccc1)c1ccccc1. The molecule has 1 saturated carbocycles. The van der Waals surface area contributed by atoms with Crippen LogP contribution in [-0.4, -0.2) is 26.1 Å². The topological polar surface area (TPSA) is 29.5 Å². The second-order valence-electron chi connectivity index (χ2n) is 8.85. The van der Waals surface area contributed by atoms with Crippen molar-refractivity contribution in [3.8, 4) is 0 Å². The molecule has 2 aromatic rings. The van der Waals surface area contributed by atoms with Gasteiger partial charge in [-0.2, -0.15) is 0 Å². The Morgan fingerprint density at radius 1 is 1.00 bits per heavy atom. The zero-order valence-corrected chi connectivity index (χ0v) is 16.9. The highest BCUT2D eigenvalue weighted by Gasteiger charge is 2.60. The third kappa shape index (κ3) is 2.70. The van der Waals surface area contributed by atoms with Crippen LogP contribution in [0.2, 0.25) is 5.04 Å². The average molecular weight is 365 g/mol. The quantitative estimate of drug-likeness (QED) is 0.650. The summed E-state index contributed by atoms with van der Waals surface area (Å²) in [5, 5.41) is 12.7. The molecule has 1 N–H and O–H groups in total. The monoisotopic (exact) mass is 364 g/mol. The van der Waals surface area contributed by atoms with Gasteiger partial charge in [-0.1, -0.05) is 93.6 Å². The smallest absolute Gasteiger partial charge is 0.261 e. The number of hydrogen-bond donors (Lipinski definition) is 1. The predicted octanol–water partition coefficient (Wildman–Crippen LogP) is 3.50.